The summed E-state index contributed by atoms with van der Waals surface area (Å²) in [4.78, 5) is 13.9. The summed E-state index contributed by atoms with van der Waals surface area (Å²) in [6.45, 7) is 5.03. The maximum atomic E-state index is 12.0. The zero-order chi connectivity index (χ0) is 13.5. The van der Waals surface area contributed by atoms with Crippen molar-refractivity contribution in [2.24, 2.45) is 5.92 Å². The van der Waals surface area contributed by atoms with Crippen LogP contribution >= 0.6 is 27.7 Å². The molecule has 5 heteroatoms. The molecule has 4 atom stereocenters. The largest absolute Gasteiger partial charge is 0.312 e. The number of amides is 1. The number of rotatable bonds is 2. The van der Waals surface area contributed by atoms with Crippen LogP contribution in [0.2, 0.25) is 0 Å². The zero-order valence-electron chi connectivity index (χ0n) is 10.8. The van der Waals surface area contributed by atoms with Gasteiger partial charge in [-0.05, 0) is 36.1 Å². The lowest BCUT2D eigenvalue weighted by atomic mass is 10.1. The predicted octanol–water partition coefficient (Wildman–Crippen LogP) is 3.10. The van der Waals surface area contributed by atoms with E-state index < -0.39 is 0 Å². The zero-order valence-corrected chi connectivity index (χ0v) is 14.3. The van der Waals surface area contributed by atoms with Crippen molar-refractivity contribution >= 4 is 39.3 Å². The molecule has 0 aliphatic carbocycles. The lowest BCUT2D eigenvalue weighted by molar-refractivity contribution is -0.117. The van der Waals surface area contributed by atoms with Crippen molar-refractivity contribution < 1.29 is 4.79 Å². The fraction of sp³-hybridized carbons (Fsp3) is 0.462. The molecule has 0 radical (unpaired) electrons. The fourth-order valence-corrected chi connectivity index (χ4v) is 2.80. The smallest absolute Gasteiger partial charge is 0.227 e. The maximum absolute atomic E-state index is 12.0. The highest BCUT2D eigenvalue weighted by Gasteiger charge is 2.28. The number of carbonyl (C=O) groups is 1. The Morgan fingerprint density at radius 3 is 2.44 bits per heavy atom. The molecule has 0 N–H and O–H groups in total. The van der Waals surface area contributed by atoms with E-state index in [-0.39, 0.29) is 10.5 Å². The van der Waals surface area contributed by atoms with E-state index >= 15 is 0 Å². The first-order valence-corrected chi connectivity index (χ1v) is 7.80. The lowest BCUT2D eigenvalue weighted by Crippen LogP contribution is -2.24. The first-order chi connectivity index (χ1) is 8.27. The molecule has 1 amide bonds. The van der Waals surface area contributed by atoms with E-state index in [4.69, 9.17) is 0 Å². The van der Waals surface area contributed by atoms with Gasteiger partial charge in [-0.1, -0.05) is 13.0 Å². The molecule has 1 aliphatic heterocycles. The van der Waals surface area contributed by atoms with E-state index in [1.807, 2.05) is 4.90 Å². The number of benzene rings is 1. The molecule has 1 aromatic rings. The van der Waals surface area contributed by atoms with Crippen LogP contribution in [0.4, 0.5) is 5.69 Å². The summed E-state index contributed by atoms with van der Waals surface area (Å²) in [6.07, 6.45) is 0.664. The minimum atomic E-state index is -0.130. The molecule has 0 bridgehead atoms. The second-order valence-corrected chi connectivity index (χ2v) is 10.2. The van der Waals surface area contributed by atoms with Gasteiger partial charge < -0.3 is 4.90 Å². The lowest BCUT2D eigenvalue weighted by Gasteiger charge is -2.23. The van der Waals surface area contributed by atoms with Gasteiger partial charge in [-0.15, -0.1) is 27.7 Å². The Labute approximate surface area is 116 Å². The van der Waals surface area contributed by atoms with Crippen LogP contribution in [0.3, 0.4) is 0 Å². The minimum absolute atomic E-state index is 0.130. The summed E-state index contributed by atoms with van der Waals surface area (Å²) in [5.41, 5.74) is 3.40. The number of carbonyl (C=O) groups excluding carboxylic acids is 1. The summed E-state index contributed by atoms with van der Waals surface area (Å²) in [5.74, 6) is 0.690. The van der Waals surface area contributed by atoms with Crippen molar-refractivity contribution in [3.8, 4) is 0 Å². The summed E-state index contributed by atoms with van der Waals surface area (Å²) in [7, 11) is 8.37. The second-order valence-electron chi connectivity index (χ2n) is 5.30. The van der Waals surface area contributed by atoms with E-state index in [9.17, 15) is 4.79 Å². The molecular weight excluding hydrogens is 279 g/mol. The Balaban J connectivity index is 2.40. The van der Waals surface area contributed by atoms with Gasteiger partial charge in [-0.25, -0.2) is 0 Å². The number of hydrogen-bond acceptors (Lipinski definition) is 1. The Hall–Kier alpha value is -0.0200. The molecule has 0 saturated carbocycles. The molecule has 98 valence electrons. The van der Waals surface area contributed by atoms with Crippen molar-refractivity contribution in [2.75, 3.05) is 11.4 Å². The number of hydrogen-bond donors (Lipinski definition) is 0. The van der Waals surface area contributed by atoms with Crippen molar-refractivity contribution in [2.45, 2.75) is 24.9 Å². The molecule has 3 unspecified atom stereocenters. The van der Waals surface area contributed by atoms with Crippen molar-refractivity contribution in [1.29, 1.82) is 0 Å². The van der Waals surface area contributed by atoms with Gasteiger partial charge in [0.25, 0.3) is 0 Å². The quantitative estimate of drug-likeness (QED) is 0.768. The molecular formula is C13H20NOP3. The van der Waals surface area contributed by atoms with E-state index in [1.165, 1.54) is 11.1 Å². The first kappa shape index (κ1) is 14.4. The molecule has 2 rings (SSSR count). The number of nitrogens with zero attached hydrogens (tertiary/aromatic N) is 1. The standard InChI is InChI=1S/C13H20NOP3/c1-8-3-10(13(16,17)18)6-11(4-8)14-7-9(2)5-12(14)15/h3-4,6,9H,5,7,16-18H2,1-2H3/t9-/m0/s1. The Morgan fingerprint density at radius 1 is 1.28 bits per heavy atom. The Kier molecular flexibility index (Phi) is 4.13. The van der Waals surface area contributed by atoms with Crippen LogP contribution in [0, 0.1) is 12.8 Å². The predicted molar refractivity (Wildman–Crippen MR) is 88.1 cm³/mol. The summed E-state index contributed by atoms with van der Waals surface area (Å²) in [5, 5.41) is 0. The normalized spacial score (nSPS) is 20.6. The van der Waals surface area contributed by atoms with Crippen molar-refractivity contribution in [3.63, 3.8) is 0 Å². The van der Waals surface area contributed by atoms with Crippen LogP contribution in [0.25, 0.3) is 0 Å². The number of aryl methyl sites for hydroxylation is 1. The van der Waals surface area contributed by atoms with Crippen LogP contribution in [-0.4, -0.2) is 12.5 Å². The Bertz CT molecular complexity index is 482. The topological polar surface area (TPSA) is 20.3 Å². The van der Waals surface area contributed by atoms with Crippen LogP contribution in [-0.2, 0) is 9.43 Å². The third kappa shape index (κ3) is 3.11. The van der Waals surface area contributed by atoms with E-state index in [0.717, 1.165) is 12.2 Å². The van der Waals surface area contributed by atoms with Crippen LogP contribution in [0.5, 0.6) is 0 Å². The fourth-order valence-electron chi connectivity index (χ4n) is 2.30. The van der Waals surface area contributed by atoms with Gasteiger partial charge in [-0.3, -0.25) is 4.79 Å². The van der Waals surface area contributed by atoms with Crippen molar-refractivity contribution in [1.82, 2.24) is 0 Å². The van der Waals surface area contributed by atoms with Crippen LogP contribution < -0.4 is 4.90 Å². The molecule has 1 aromatic carbocycles. The van der Waals surface area contributed by atoms with Gasteiger partial charge >= 0.3 is 0 Å². The summed E-state index contributed by atoms with van der Waals surface area (Å²) < 4.78 is -0.130. The average molecular weight is 299 g/mol. The maximum Gasteiger partial charge on any atom is 0.227 e. The van der Waals surface area contributed by atoms with Gasteiger partial charge in [0.2, 0.25) is 5.91 Å². The third-order valence-electron chi connectivity index (χ3n) is 3.19. The highest BCUT2D eigenvalue weighted by atomic mass is 31.1. The number of anilines is 1. The minimum Gasteiger partial charge on any atom is -0.312 e. The van der Waals surface area contributed by atoms with Gasteiger partial charge in [-0.2, -0.15) is 0 Å². The van der Waals surface area contributed by atoms with Crippen LogP contribution in [0.1, 0.15) is 24.5 Å². The second kappa shape index (κ2) is 5.16. The van der Waals surface area contributed by atoms with Crippen molar-refractivity contribution in [3.05, 3.63) is 29.3 Å². The van der Waals surface area contributed by atoms with E-state index in [2.05, 4.69) is 59.8 Å². The van der Waals surface area contributed by atoms with Gasteiger partial charge in [0.1, 0.15) is 0 Å². The molecule has 1 fully saturated rings. The third-order valence-corrected chi connectivity index (χ3v) is 4.19. The molecule has 0 spiro atoms. The Morgan fingerprint density at radius 2 is 1.94 bits per heavy atom. The average Bonchev–Trinajstić information content (AvgIpc) is 2.55. The molecule has 1 aliphatic rings. The summed E-state index contributed by atoms with van der Waals surface area (Å²) >= 11 is 0. The van der Waals surface area contributed by atoms with E-state index in [1.54, 1.807) is 0 Å². The highest BCUT2D eigenvalue weighted by Crippen LogP contribution is 2.46. The monoisotopic (exact) mass is 299 g/mol. The van der Waals surface area contributed by atoms with Gasteiger partial charge in [0, 0.05) is 23.3 Å². The molecule has 2 nitrogen and oxygen atoms in total. The van der Waals surface area contributed by atoms with Crippen LogP contribution in [0.15, 0.2) is 18.2 Å². The SMILES string of the molecule is Cc1cc(N2C[C@@H](C)CC2=O)cc(C(P)(P)P)c1. The molecule has 0 aromatic heterocycles. The van der Waals surface area contributed by atoms with Gasteiger partial charge in [0.05, 0.1) is 0 Å². The summed E-state index contributed by atoms with van der Waals surface area (Å²) in [6, 6.07) is 6.35. The van der Waals surface area contributed by atoms with Gasteiger partial charge in [0.15, 0.2) is 0 Å². The molecule has 1 saturated heterocycles. The van der Waals surface area contributed by atoms with E-state index in [0.29, 0.717) is 12.3 Å². The highest BCUT2D eigenvalue weighted by molar-refractivity contribution is 7.56. The molecule has 1 heterocycles. The first-order valence-electron chi connectivity index (χ1n) is 6.06. The molecule has 18 heavy (non-hydrogen) atoms.